The number of nitrogens with one attached hydrogen (secondary N) is 1. The van der Waals surface area contributed by atoms with E-state index in [0.717, 1.165) is 5.01 Å². The van der Waals surface area contributed by atoms with Gasteiger partial charge >= 0.3 is 5.97 Å². The lowest BCUT2D eigenvalue weighted by atomic mass is 10.2. The minimum absolute atomic E-state index is 0.0535. The lowest BCUT2D eigenvalue weighted by molar-refractivity contribution is 0.0698. The molecule has 1 aromatic carbocycles. The van der Waals surface area contributed by atoms with Gasteiger partial charge in [0.25, 0.3) is 5.91 Å². The van der Waals surface area contributed by atoms with E-state index in [1.165, 1.54) is 17.4 Å². The van der Waals surface area contributed by atoms with Crippen LogP contribution in [0.4, 0.5) is 5.69 Å². The highest BCUT2D eigenvalue weighted by atomic mass is 32.1. The minimum Gasteiger partial charge on any atom is -0.478 e. The standard InChI is InChI=1S/C12H10N2O3S/c1-7-13-10(6-18-7)11(15)14-9-5-3-2-4-8(9)12(16)17/h2-6H,1H3,(H,14,15)(H,16,17). The fourth-order valence-electron chi connectivity index (χ4n) is 1.43. The number of aromatic nitrogens is 1. The molecule has 0 saturated heterocycles. The zero-order valence-electron chi connectivity index (χ0n) is 9.51. The maximum atomic E-state index is 11.8. The smallest absolute Gasteiger partial charge is 0.337 e. The number of hydrogen-bond acceptors (Lipinski definition) is 4. The molecule has 2 N–H and O–H groups in total. The minimum atomic E-state index is -1.08. The maximum Gasteiger partial charge on any atom is 0.337 e. The van der Waals surface area contributed by atoms with Crippen molar-refractivity contribution in [3.05, 3.63) is 45.9 Å². The number of carboxylic acids is 1. The Labute approximate surface area is 107 Å². The number of anilines is 1. The number of amides is 1. The number of para-hydroxylation sites is 1. The zero-order chi connectivity index (χ0) is 13.1. The maximum absolute atomic E-state index is 11.8. The highest BCUT2D eigenvalue weighted by Gasteiger charge is 2.14. The Morgan fingerprint density at radius 1 is 1.33 bits per heavy atom. The van der Waals surface area contributed by atoms with E-state index in [9.17, 15) is 9.59 Å². The Kier molecular flexibility index (Phi) is 3.38. The molecule has 0 aliphatic rings. The quantitative estimate of drug-likeness (QED) is 0.890. The summed E-state index contributed by atoms with van der Waals surface area (Å²) < 4.78 is 0. The van der Waals surface area contributed by atoms with Gasteiger partial charge in [0.15, 0.2) is 0 Å². The van der Waals surface area contributed by atoms with Gasteiger partial charge in [-0.25, -0.2) is 9.78 Å². The van der Waals surface area contributed by atoms with Gasteiger partial charge < -0.3 is 10.4 Å². The zero-order valence-corrected chi connectivity index (χ0v) is 10.3. The molecule has 2 aromatic rings. The molecule has 2 rings (SSSR count). The second-order valence-electron chi connectivity index (χ2n) is 3.56. The number of carboxylic acid groups (broad SMARTS) is 1. The van der Waals surface area contributed by atoms with Crippen LogP contribution in [0.5, 0.6) is 0 Å². The van der Waals surface area contributed by atoms with Gasteiger partial charge in [-0.3, -0.25) is 4.79 Å². The third-order valence-corrected chi connectivity index (χ3v) is 3.03. The first-order valence-corrected chi connectivity index (χ1v) is 6.01. The third kappa shape index (κ3) is 2.54. The molecular weight excluding hydrogens is 252 g/mol. The van der Waals surface area contributed by atoms with Gasteiger partial charge in [0.05, 0.1) is 16.3 Å². The van der Waals surface area contributed by atoms with Crippen molar-refractivity contribution < 1.29 is 14.7 Å². The molecule has 5 nitrogen and oxygen atoms in total. The first-order valence-electron chi connectivity index (χ1n) is 5.13. The summed E-state index contributed by atoms with van der Waals surface area (Å²) in [6, 6.07) is 6.24. The molecule has 92 valence electrons. The fraction of sp³-hybridized carbons (Fsp3) is 0.0833. The van der Waals surface area contributed by atoms with Crippen LogP contribution in [0.15, 0.2) is 29.6 Å². The first-order chi connectivity index (χ1) is 8.58. The van der Waals surface area contributed by atoms with Crippen LogP contribution in [-0.4, -0.2) is 22.0 Å². The molecule has 1 amide bonds. The van der Waals surface area contributed by atoms with Crippen LogP contribution in [-0.2, 0) is 0 Å². The van der Waals surface area contributed by atoms with Crippen LogP contribution in [0.1, 0.15) is 25.9 Å². The summed E-state index contributed by atoms with van der Waals surface area (Å²) in [4.78, 5) is 26.9. The Bertz CT molecular complexity index is 607. The Morgan fingerprint density at radius 3 is 2.67 bits per heavy atom. The second kappa shape index (κ2) is 4.97. The predicted molar refractivity (Wildman–Crippen MR) is 68.2 cm³/mol. The van der Waals surface area contributed by atoms with E-state index in [1.54, 1.807) is 30.5 Å². The summed E-state index contributed by atoms with van der Waals surface area (Å²) in [5.41, 5.74) is 0.608. The highest BCUT2D eigenvalue weighted by molar-refractivity contribution is 7.09. The van der Waals surface area contributed by atoms with E-state index >= 15 is 0 Å². The van der Waals surface area contributed by atoms with Crippen molar-refractivity contribution in [2.75, 3.05) is 5.32 Å². The van der Waals surface area contributed by atoms with E-state index in [4.69, 9.17) is 5.11 Å². The van der Waals surface area contributed by atoms with Crippen molar-refractivity contribution >= 4 is 28.9 Å². The molecule has 18 heavy (non-hydrogen) atoms. The van der Waals surface area contributed by atoms with Crippen LogP contribution in [0, 0.1) is 6.92 Å². The molecule has 0 saturated carbocycles. The molecule has 1 heterocycles. The SMILES string of the molecule is Cc1nc(C(=O)Nc2ccccc2C(=O)O)cs1. The summed E-state index contributed by atoms with van der Waals surface area (Å²) in [6.45, 7) is 1.80. The summed E-state index contributed by atoms with van der Waals surface area (Å²) in [7, 11) is 0. The van der Waals surface area contributed by atoms with Crippen LogP contribution >= 0.6 is 11.3 Å². The van der Waals surface area contributed by atoms with Crippen LogP contribution in [0.2, 0.25) is 0 Å². The molecule has 0 bridgehead atoms. The fourth-order valence-corrected chi connectivity index (χ4v) is 2.03. The van der Waals surface area contributed by atoms with Gasteiger partial charge in [-0.2, -0.15) is 0 Å². The Balaban J connectivity index is 2.24. The Hall–Kier alpha value is -2.21. The molecule has 0 aliphatic carbocycles. The van der Waals surface area contributed by atoms with Gasteiger partial charge in [-0.1, -0.05) is 12.1 Å². The number of rotatable bonds is 3. The Morgan fingerprint density at radius 2 is 2.06 bits per heavy atom. The first kappa shape index (κ1) is 12.3. The van der Waals surface area contributed by atoms with Gasteiger partial charge in [0.2, 0.25) is 0 Å². The summed E-state index contributed by atoms with van der Waals surface area (Å²) in [5.74, 6) is -1.49. The summed E-state index contributed by atoms with van der Waals surface area (Å²) in [5, 5.41) is 14.0. The van der Waals surface area contributed by atoms with Crippen LogP contribution in [0.25, 0.3) is 0 Å². The molecule has 1 aromatic heterocycles. The normalized spacial score (nSPS) is 10.1. The molecule has 6 heteroatoms. The number of aryl methyl sites for hydroxylation is 1. The number of aromatic carboxylic acids is 1. The summed E-state index contributed by atoms with van der Waals surface area (Å²) in [6.07, 6.45) is 0. The third-order valence-electron chi connectivity index (χ3n) is 2.26. The van der Waals surface area contributed by atoms with Gasteiger partial charge in [-0.15, -0.1) is 11.3 Å². The van der Waals surface area contributed by atoms with E-state index in [1.807, 2.05) is 0 Å². The number of carbonyl (C=O) groups is 2. The largest absolute Gasteiger partial charge is 0.478 e. The molecular formula is C12H10N2O3S. The predicted octanol–water partition coefficient (Wildman–Crippen LogP) is 2.40. The number of benzene rings is 1. The van der Waals surface area contributed by atoms with Crippen molar-refractivity contribution in [3.8, 4) is 0 Å². The van der Waals surface area contributed by atoms with Crippen molar-refractivity contribution in [2.24, 2.45) is 0 Å². The number of carbonyl (C=O) groups excluding carboxylic acids is 1. The topological polar surface area (TPSA) is 79.3 Å². The van der Waals surface area contributed by atoms with E-state index in [2.05, 4.69) is 10.3 Å². The molecule has 0 atom stereocenters. The van der Waals surface area contributed by atoms with Crippen molar-refractivity contribution in [3.63, 3.8) is 0 Å². The van der Waals surface area contributed by atoms with Gasteiger partial charge in [-0.05, 0) is 19.1 Å². The molecule has 0 fully saturated rings. The van der Waals surface area contributed by atoms with Crippen LogP contribution in [0.3, 0.4) is 0 Å². The molecule has 0 radical (unpaired) electrons. The number of nitrogens with zero attached hydrogens (tertiary/aromatic N) is 1. The average Bonchev–Trinajstić information content (AvgIpc) is 2.76. The van der Waals surface area contributed by atoms with Gasteiger partial charge in [0, 0.05) is 5.38 Å². The number of hydrogen-bond donors (Lipinski definition) is 2. The van der Waals surface area contributed by atoms with E-state index < -0.39 is 11.9 Å². The monoisotopic (exact) mass is 262 g/mol. The van der Waals surface area contributed by atoms with E-state index in [-0.39, 0.29) is 16.9 Å². The van der Waals surface area contributed by atoms with E-state index in [0.29, 0.717) is 0 Å². The van der Waals surface area contributed by atoms with Gasteiger partial charge in [0.1, 0.15) is 5.69 Å². The number of thiazole rings is 1. The second-order valence-corrected chi connectivity index (χ2v) is 4.62. The molecule has 0 unspecified atom stereocenters. The van der Waals surface area contributed by atoms with Crippen molar-refractivity contribution in [1.82, 2.24) is 4.98 Å². The average molecular weight is 262 g/mol. The molecule has 0 aliphatic heterocycles. The van der Waals surface area contributed by atoms with Crippen LogP contribution < -0.4 is 5.32 Å². The lowest BCUT2D eigenvalue weighted by Gasteiger charge is -2.06. The highest BCUT2D eigenvalue weighted by Crippen LogP contribution is 2.16. The lowest BCUT2D eigenvalue weighted by Crippen LogP contribution is -2.15. The van der Waals surface area contributed by atoms with Crippen molar-refractivity contribution in [2.45, 2.75) is 6.92 Å². The summed E-state index contributed by atoms with van der Waals surface area (Å²) >= 11 is 1.37. The molecule has 0 spiro atoms. The van der Waals surface area contributed by atoms with Crippen molar-refractivity contribution in [1.29, 1.82) is 0 Å².